The molecular weight excluding hydrogens is 250 g/mol. The van der Waals surface area contributed by atoms with Crippen LogP contribution in [0.4, 0.5) is 5.13 Å². The van der Waals surface area contributed by atoms with E-state index in [2.05, 4.69) is 14.3 Å². The molecule has 1 aromatic rings. The van der Waals surface area contributed by atoms with Crippen LogP contribution in [0.15, 0.2) is 0 Å². The van der Waals surface area contributed by atoms with Crippen molar-refractivity contribution in [3.8, 4) is 0 Å². The highest BCUT2D eigenvalue weighted by Crippen LogP contribution is 2.34. The maximum atomic E-state index is 11.9. The van der Waals surface area contributed by atoms with Gasteiger partial charge in [0.25, 0.3) is 0 Å². The summed E-state index contributed by atoms with van der Waals surface area (Å²) in [7, 11) is 0. The predicted molar refractivity (Wildman–Crippen MR) is 70.9 cm³/mol. The third-order valence-corrected chi connectivity index (χ3v) is 4.10. The van der Waals surface area contributed by atoms with Crippen LogP contribution in [0, 0.1) is 5.41 Å². The molecule has 1 atom stereocenters. The number of ether oxygens (including phenoxy) is 1. The van der Waals surface area contributed by atoms with Crippen LogP contribution in [0.3, 0.4) is 0 Å². The minimum absolute atomic E-state index is 0.104. The molecule has 18 heavy (non-hydrogen) atoms. The number of aromatic nitrogens is 2. The fourth-order valence-corrected chi connectivity index (χ4v) is 2.89. The van der Waals surface area contributed by atoms with Crippen molar-refractivity contribution in [3.63, 3.8) is 0 Å². The average molecular weight is 269 g/mol. The van der Waals surface area contributed by atoms with Crippen molar-refractivity contribution in [2.75, 3.05) is 24.6 Å². The summed E-state index contributed by atoms with van der Waals surface area (Å²) in [6.07, 6.45) is 1.66. The quantitative estimate of drug-likeness (QED) is 0.781. The molecular formula is C12H19N3O2S. The average Bonchev–Trinajstić information content (AvgIpc) is 2.96. The Morgan fingerprint density at radius 3 is 2.94 bits per heavy atom. The molecule has 6 heteroatoms. The summed E-state index contributed by atoms with van der Waals surface area (Å²) in [5.74, 6) is 0.771. The van der Waals surface area contributed by atoms with E-state index in [9.17, 15) is 4.79 Å². The Labute approximate surface area is 111 Å². The lowest BCUT2D eigenvalue weighted by molar-refractivity contribution is -0.153. The maximum absolute atomic E-state index is 11.9. The van der Waals surface area contributed by atoms with Gasteiger partial charge in [0.05, 0.1) is 12.0 Å². The topological polar surface area (TPSA) is 55.3 Å². The first kappa shape index (κ1) is 13.3. The van der Waals surface area contributed by atoms with Crippen LogP contribution in [-0.2, 0) is 16.0 Å². The number of carbonyl (C=O) groups is 1. The second-order valence-corrected chi connectivity index (χ2v) is 5.53. The highest BCUT2D eigenvalue weighted by atomic mass is 32.1. The van der Waals surface area contributed by atoms with Crippen molar-refractivity contribution in [1.29, 1.82) is 0 Å². The number of hydrogen-bond acceptors (Lipinski definition) is 6. The first-order chi connectivity index (χ1) is 8.59. The number of rotatable bonds is 4. The highest BCUT2D eigenvalue weighted by Gasteiger charge is 2.42. The van der Waals surface area contributed by atoms with Gasteiger partial charge in [-0.1, -0.05) is 6.92 Å². The van der Waals surface area contributed by atoms with E-state index >= 15 is 0 Å². The maximum Gasteiger partial charge on any atom is 0.313 e. The zero-order valence-electron chi connectivity index (χ0n) is 11.1. The number of esters is 1. The van der Waals surface area contributed by atoms with E-state index in [1.165, 1.54) is 11.5 Å². The molecule has 1 saturated heterocycles. The Morgan fingerprint density at radius 1 is 1.56 bits per heavy atom. The Morgan fingerprint density at radius 2 is 2.33 bits per heavy atom. The zero-order chi connectivity index (χ0) is 13.2. The minimum atomic E-state index is -0.409. The predicted octanol–water partition coefficient (Wildman–Crippen LogP) is 1.88. The van der Waals surface area contributed by atoms with Crippen molar-refractivity contribution < 1.29 is 9.53 Å². The largest absolute Gasteiger partial charge is 0.466 e. The molecule has 2 rings (SSSR count). The molecule has 1 aliphatic heterocycles. The van der Waals surface area contributed by atoms with E-state index in [1.54, 1.807) is 0 Å². The van der Waals surface area contributed by atoms with E-state index < -0.39 is 5.41 Å². The summed E-state index contributed by atoms with van der Waals surface area (Å²) in [5, 5.41) is 0.917. The van der Waals surface area contributed by atoms with Crippen molar-refractivity contribution in [1.82, 2.24) is 9.36 Å². The molecule has 1 fully saturated rings. The van der Waals surface area contributed by atoms with Gasteiger partial charge in [0.15, 0.2) is 0 Å². The summed E-state index contributed by atoms with van der Waals surface area (Å²) in [6.45, 7) is 7.79. The van der Waals surface area contributed by atoms with Crippen molar-refractivity contribution >= 4 is 22.6 Å². The summed E-state index contributed by atoms with van der Waals surface area (Å²) in [4.78, 5) is 18.5. The molecule has 0 N–H and O–H groups in total. The van der Waals surface area contributed by atoms with Gasteiger partial charge in [-0.25, -0.2) is 4.98 Å². The van der Waals surface area contributed by atoms with Gasteiger partial charge in [0.1, 0.15) is 5.82 Å². The van der Waals surface area contributed by atoms with Gasteiger partial charge >= 0.3 is 5.97 Å². The molecule has 1 unspecified atom stereocenters. The van der Waals surface area contributed by atoms with Gasteiger partial charge in [0, 0.05) is 31.0 Å². The molecule has 1 aromatic heterocycles. The van der Waals surface area contributed by atoms with Gasteiger partial charge in [0.2, 0.25) is 5.13 Å². The number of anilines is 1. The van der Waals surface area contributed by atoms with Gasteiger partial charge in [-0.05, 0) is 20.3 Å². The van der Waals surface area contributed by atoms with E-state index in [1.807, 2.05) is 20.8 Å². The fourth-order valence-electron chi connectivity index (χ4n) is 2.11. The van der Waals surface area contributed by atoms with Crippen molar-refractivity contribution in [2.45, 2.75) is 33.6 Å². The van der Waals surface area contributed by atoms with Gasteiger partial charge < -0.3 is 9.64 Å². The van der Waals surface area contributed by atoms with Crippen LogP contribution in [0.1, 0.15) is 33.0 Å². The summed E-state index contributed by atoms with van der Waals surface area (Å²) >= 11 is 1.41. The van der Waals surface area contributed by atoms with E-state index in [0.717, 1.165) is 30.3 Å². The molecule has 0 saturated carbocycles. The molecule has 0 radical (unpaired) electrons. The molecule has 100 valence electrons. The lowest BCUT2D eigenvalue weighted by Crippen LogP contribution is -2.33. The molecule has 1 aliphatic rings. The molecule has 2 heterocycles. The van der Waals surface area contributed by atoms with Crippen LogP contribution in [0.2, 0.25) is 0 Å². The lowest BCUT2D eigenvalue weighted by Gasteiger charge is -2.21. The second-order valence-electron chi connectivity index (χ2n) is 4.80. The van der Waals surface area contributed by atoms with E-state index in [-0.39, 0.29) is 5.97 Å². The Hall–Kier alpha value is -1.17. The molecule has 0 aliphatic carbocycles. The van der Waals surface area contributed by atoms with E-state index in [0.29, 0.717) is 13.2 Å². The van der Waals surface area contributed by atoms with Crippen LogP contribution in [-0.4, -0.2) is 35.0 Å². The number of carbonyl (C=O) groups excluding carboxylic acids is 1. The summed E-state index contributed by atoms with van der Waals surface area (Å²) in [5.41, 5.74) is -0.409. The van der Waals surface area contributed by atoms with Gasteiger partial charge in [-0.15, -0.1) is 0 Å². The van der Waals surface area contributed by atoms with Crippen LogP contribution >= 0.6 is 11.5 Å². The third-order valence-electron chi connectivity index (χ3n) is 3.29. The van der Waals surface area contributed by atoms with Crippen molar-refractivity contribution in [2.24, 2.45) is 5.41 Å². The van der Waals surface area contributed by atoms with Gasteiger partial charge in [-0.3, -0.25) is 4.79 Å². The second kappa shape index (κ2) is 5.22. The highest BCUT2D eigenvalue weighted by molar-refractivity contribution is 7.09. The Kier molecular flexibility index (Phi) is 3.85. The van der Waals surface area contributed by atoms with Crippen LogP contribution in [0.5, 0.6) is 0 Å². The Balaban J connectivity index is 2.05. The number of nitrogens with zero attached hydrogens (tertiary/aromatic N) is 3. The fraction of sp³-hybridized carbons (Fsp3) is 0.750. The van der Waals surface area contributed by atoms with Crippen molar-refractivity contribution in [3.05, 3.63) is 5.82 Å². The Bertz CT molecular complexity index is 435. The van der Waals surface area contributed by atoms with Crippen LogP contribution < -0.4 is 4.90 Å². The first-order valence-electron chi connectivity index (χ1n) is 6.34. The van der Waals surface area contributed by atoms with E-state index in [4.69, 9.17) is 4.74 Å². The smallest absolute Gasteiger partial charge is 0.313 e. The normalized spacial score (nSPS) is 23.4. The van der Waals surface area contributed by atoms with Crippen LogP contribution in [0.25, 0.3) is 0 Å². The lowest BCUT2D eigenvalue weighted by atomic mass is 9.90. The standard InChI is InChI=1S/C12H19N3O2S/c1-4-9-13-11(18-14-9)15-7-6-12(3,8-15)10(16)17-5-2/h4-8H2,1-3H3. The number of aryl methyl sites for hydroxylation is 1. The number of hydrogen-bond donors (Lipinski definition) is 0. The zero-order valence-corrected chi connectivity index (χ0v) is 11.9. The minimum Gasteiger partial charge on any atom is -0.466 e. The monoisotopic (exact) mass is 269 g/mol. The molecule has 0 bridgehead atoms. The molecule has 5 nitrogen and oxygen atoms in total. The molecule has 0 spiro atoms. The molecule has 0 amide bonds. The summed E-state index contributed by atoms with van der Waals surface area (Å²) < 4.78 is 9.42. The first-order valence-corrected chi connectivity index (χ1v) is 7.11. The SMILES string of the molecule is CCOC(=O)C1(C)CCN(c2nc(CC)ns2)C1. The van der Waals surface area contributed by atoms with Gasteiger partial charge in [-0.2, -0.15) is 4.37 Å². The third kappa shape index (κ3) is 2.48. The molecule has 0 aromatic carbocycles. The summed E-state index contributed by atoms with van der Waals surface area (Å²) in [6, 6.07) is 0.